The summed E-state index contributed by atoms with van der Waals surface area (Å²) in [6.07, 6.45) is 21.0. The average molecular weight is 357 g/mol. The summed E-state index contributed by atoms with van der Waals surface area (Å²) in [5, 5.41) is 0. The third kappa shape index (κ3) is 17.1. The summed E-state index contributed by atoms with van der Waals surface area (Å²) >= 11 is 0. The molecule has 152 valence electrons. The maximum absolute atomic E-state index is 6.22. The molecule has 1 atom stereocenters. The van der Waals surface area contributed by atoms with Gasteiger partial charge >= 0.3 is 0 Å². The van der Waals surface area contributed by atoms with E-state index in [-0.39, 0.29) is 0 Å². The Hall–Kier alpha value is -0.0800. The summed E-state index contributed by atoms with van der Waals surface area (Å²) in [4.78, 5) is 0. The van der Waals surface area contributed by atoms with Crippen molar-refractivity contribution in [1.82, 2.24) is 0 Å². The lowest BCUT2D eigenvalue weighted by Gasteiger charge is -2.31. The van der Waals surface area contributed by atoms with E-state index in [4.69, 9.17) is 4.74 Å². The van der Waals surface area contributed by atoms with Crippen LogP contribution in [0, 0.1) is 0 Å². The minimum Gasteiger partial charge on any atom is -0.328 e. The molecule has 2 nitrogen and oxygen atoms in total. The summed E-state index contributed by atoms with van der Waals surface area (Å²) in [6.45, 7) is 8.96. The molecule has 0 spiro atoms. The molecule has 0 aliphatic carbocycles. The van der Waals surface area contributed by atoms with Crippen LogP contribution in [0.25, 0.3) is 0 Å². The van der Waals surface area contributed by atoms with E-state index < -0.39 is 0 Å². The van der Waals surface area contributed by atoms with E-state index in [9.17, 15) is 0 Å². The molecule has 2 heteroatoms. The lowest BCUT2D eigenvalue weighted by atomic mass is 10.1. The molecule has 0 fully saturated rings. The zero-order chi connectivity index (χ0) is 18.8. The average Bonchev–Trinajstić information content (AvgIpc) is 2.59. The molecular formula is C23H50NO+. The SMILES string of the molecule is CCCCCCCCCCCC[N+](C)(C)COC(CC)CCCCC. The minimum absolute atomic E-state index is 0.469. The second-order valence-electron chi connectivity index (χ2n) is 8.66. The molecule has 0 rings (SSSR count). The molecule has 0 saturated carbocycles. The van der Waals surface area contributed by atoms with Gasteiger partial charge in [-0.25, -0.2) is 0 Å². The zero-order valence-corrected chi connectivity index (χ0v) is 18.5. The van der Waals surface area contributed by atoms with E-state index in [2.05, 4.69) is 34.9 Å². The number of hydrogen-bond donors (Lipinski definition) is 0. The fourth-order valence-corrected chi connectivity index (χ4v) is 3.43. The molecule has 25 heavy (non-hydrogen) atoms. The van der Waals surface area contributed by atoms with Gasteiger partial charge in [-0.1, -0.05) is 91.4 Å². The highest BCUT2D eigenvalue weighted by Gasteiger charge is 2.17. The van der Waals surface area contributed by atoms with Crippen LogP contribution in [0.1, 0.15) is 117 Å². The zero-order valence-electron chi connectivity index (χ0n) is 18.5. The molecule has 0 bridgehead atoms. The van der Waals surface area contributed by atoms with Crippen LogP contribution in [-0.4, -0.2) is 38.0 Å². The van der Waals surface area contributed by atoms with Crippen molar-refractivity contribution in [3.8, 4) is 0 Å². The monoisotopic (exact) mass is 356 g/mol. The number of quaternary nitrogens is 1. The van der Waals surface area contributed by atoms with Crippen molar-refractivity contribution in [3.05, 3.63) is 0 Å². The molecule has 0 aromatic rings. The molecule has 0 aromatic heterocycles. The van der Waals surface area contributed by atoms with E-state index in [1.54, 1.807) is 0 Å². The lowest BCUT2D eigenvalue weighted by Crippen LogP contribution is -2.43. The standard InChI is InChI=1S/C23H50NO/c1-6-9-11-12-13-14-15-16-17-19-21-24(4,5)22-25-23(8-3)20-18-10-7-2/h23H,6-22H2,1-5H3/q+1. The van der Waals surface area contributed by atoms with E-state index >= 15 is 0 Å². The van der Waals surface area contributed by atoms with Gasteiger partial charge < -0.3 is 9.22 Å². The fourth-order valence-electron chi connectivity index (χ4n) is 3.43. The third-order valence-electron chi connectivity index (χ3n) is 5.36. The molecule has 0 saturated heterocycles. The summed E-state index contributed by atoms with van der Waals surface area (Å²) < 4.78 is 7.23. The first-order valence-electron chi connectivity index (χ1n) is 11.5. The summed E-state index contributed by atoms with van der Waals surface area (Å²) in [7, 11) is 4.65. The quantitative estimate of drug-likeness (QED) is 0.134. The van der Waals surface area contributed by atoms with Crippen molar-refractivity contribution < 1.29 is 9.22 Å². The first kappa shape index (κ1) is 24.9. The molecule has 0 heterocycles. The van der Waals surface area contributed by atoms with Crippen molar-refractivity contribution in [2.24, 2.45) is 0 Å². The fraction of sp³-hybridized carbons (Fsp3) is 1.00. The Bertz CT molecular complexity index is 265. The third-order valence-corrected chi connectivity index (χ3v) is 5.36. The van der Waals surface area contributed by atoms with Crippen LogP contribution in [0.3, 0.4) is 0 Å². The van der Waals surface area contributed by atoms with Crippen molar-refractivity contribution in [2.75, 3.05) is 27.4 Å². The Kier molecular flexibility index (Phi) is 17.3. The first-order chi connectivity index (χ1) is 12.1. The summed E-state index contributed by atoms with van der Waals surface area (Å²) in [5.74, 6) is 0. The Labute approximate surface area is 160 Å². The van der Waals surface area contributed by atoms with Gasteiger partial charge in [0.15, 0.2) is 6.73 Å². The molecule has 1 unspecified atom stereocenters. The van der Waals surface area contributed by atoms with Gasteiger partial charge in [0.1, 0.15) is 0 Å². The second-order valence-corrected chi connectivity index (χ2v) is 8.66. The number of ether oxygens (including phenoxy) is 1. The van der Waals surface area contributed by atoms with Crippen LogP contribution in [0.15, 0.2) is 0 Å². The molecule has 0 aliphatic rings. The van der Waals surface area contributed by atoms with Gasteiger partial charge in [0, 0.05) is 0 Å². The van der Waals surface area contributed by atoms with Crippen molar-refractivity contribution in [3.63, 3.8) is 0 Å². The van der Waals surface area contributed by atoms with Gasteiger partial charge in [-0.15, -0.1) is 0 Å². The van der Waals surface area contributed by atoms with E-state index in [0.29, 0.717) is 6.10 Å². The predicted octanol–water partition coefficient (Wildman–Crippen LogP) is 7.32. The van der Waals surface area contributed by atoms with Crippen molar-refractivity contribution in [2.45, 2.75) is 123 Å². The highest BCUT2D eigenvalue weighted by molar-refractivity contribution is 4.55. The molecule has 0 N–H and O–H groups in total. The Morgan fingerprint density at radius 1 is 0.640 bits per heavy atom. The molecule has 0 aromatic carbocycles. The highest BCUT2D eigenvalue weighted by Crippen LogP contribution is 2.14. The number of hydrogen-bond acceptors (Lipinski definition) is 1. The van der Waals surface area contributed by atoms with Crippen LogP contribution >= 0.6 is 0 Å². The Morgan fingerprint density at radius 3 is 1.64 bits per heavy atom. The van der Waals surface area contributed by atoms with Crippen LogP contribution in [0.5, 0.6) is 0 Å². The number of nitrogens with zero attached hydrogens (tertiary/aromatic N) is 1. The number of rotatable bonds is 19. The normalized spacial score (nSPS) is 13.3. The first-order valence-corrected chi connectivity index (χ1v) is 11.5. The van der Waals surface area contributed by atoms with Crippen LogP contribution in [-0.2, 0) is 4.74 Å². The molecule has 0 aliphatic heterocycles. The topological polar surface area (TPSA) is 9.23 Å². The lowest BCUT2D eigenvalue weighted by molar-refractivity contribution is -0.910. The van der Waals surface area contributed by atoms with Gasteiger partial charge in [-0.3, -0.25) is 0 Å². The highest BCUT2D eigenvalue weighted by atomic mass is 16.5. The van der Waals surface area contributed by atoms with Gasteiger partial charge in [0.05, 0.1) is 26.7 Å². The molecule has 0 radical (unpaired) electrons. The second kappa shape index (κ2) is 17.3. The number of unbranched alkanes of at least 4 members (excludes halogenated alkanes) is 11. The molecular weight excluding hydrogens is 306 g/mol. The van der Waals surface area contributed by atoms with Crippen molar-refractivity contribution in [1.29, 1.82) is 0 Å². The maximum atomic E-state index is 6.22. The predicted molar refractivity (Wildman–Crippen MR) is 113 cm³/mol. The Balaban J connectivity index is 3.59. The van der Waals surface area contributed by atoms with E-state index in [1.807, 2.05) is 0 Å². The van der Waals surface area contributed by atoms with Gasteiger partial charge in [-0.2, -0.15) is 0 Å². The summed E-state index contributed by atoms with van der Waals surface area (Å²) in [6, 6.07) is 0. The van der Waals surface area contributed by atoms with E-state index in [1.165, 1.54) is 96.4 Å². The van der Waals surface area contributed by atoms with E-state index in [0.717, 1.165) is 17.6 Å². The largest absolute Gasteiger partial charge is 0.328 e. The van der Waals surface area contributed by atoms with Crippen LogP contribution < -0.4 is 0 Å². The van der Waals surface area contributed by atoms with Crippen molar-refractivity contribution >= 4 is 0 Å². The van der Waals surface area contributed by atoms with Crippen LogP contribution in [0.4, 0.5) is 0 Å². The minimum atomic E-state index is 0.469. The van der Waals surface area contributed by atoms with Crippen LogP contribution in [0.2, 0.25) is 0 Å². The molecule has 0 amide bonds. The summed E-state index contributed by atoms with van der Waals surface area (Å²) in [5.41, 5.74) is 0. The maximum Gasteiger partial charge on any atom is 0.183 e. The smallest absolute Gasteiger partial charge is 0.183 e. The van der Waals surface area contributed by atoms with Gasteiger partial charge in [0.25, 0.3) is 0 Å². The van der Waals surface area contributed by atoms with Gasteiger partial charge in [0.2, 0.25) is 0 Å². The van der Waals surface area contributed by atoms with Gasteiger partial charge in [-0.05, 0) is 25.7 Å². The Morgan fingerprint density at radius 2 is 1.12 bits per heavy atom.